The standard InChI is InChI=1S/C13H13NO7/c1-13(2)20-10(15)7(11(16)21-13)6-14-9-5-4-8(19-9)12(17)18-3/h4-7H,1-3H3/b14-6-. The third-order valence-corrected chi connectivity index (χ3v) is 2.53. The first-order valence-electron chi connectivity index (χ1n) is 6.00. The summed E-state index contributed by atoms with van der Waals surface area (Å²) in [6.45, 7) is 2.90. The van der Waals surface area contributed by atoms with Crippen LogP contribution in [0.2, 0.25) is 0 Å². The van der Waals surface area contributed by atoms with E-state index in [1.54, 1.807) is 0 Å². The van der Waals surface area contributed by atoms with Gasteiger partial charge in [0.2, 0.25) is 11.6 Å². The third-order valence-electron chi connectivity index (χ3n) is 2.53. The van der Waals surface area contributed by atoms with Crippen LogP contribution in [-0.4, -0.2) is 37.0 Å². The summed E-state index contributed by atoms with van der Waals surface area (Å²) in [5.74, 6) is -4.75. The van der Waals surface area contributed by atoms with Crippen molar-refractivity contribution in [2.24, 2.45) is 10.9 Å². The Kier molecular flexibility index (Phi) is 3.79. The molecule has 0 aromatic carbocycles. The van der Waals surface area contributed by atoms with Crippen LogP contribution in [0.1, 0.15) is 24.4 Å². The molecule has 2 rings (SSSR count). The highest BCUT2D eigenvalue weighted by Gasteiger charge is 2.42. The van der Waals surface area contributed by atoms with Crippen LogP contribution in [0.25, 0.3) is 0 Å². The van der Waals surface area contributed by atoms with Gasteiger partial charge in [-0.1, -0.05) is 0 Å². The van der Waals surface area contributed by atoms with Crippen molar-refractivity contribution < 1.29 is 33.0 Å². The summed E-state index contributed by atoms with van der Waals surface area (Å²) in [6, 6.07) is 2.76. The second-order valence-electron chi connectivity index (χ2n) is 4.63. The van der Waals surface area contributed by atoms with E-state index in [4.69, 9.17) is 13.9 Å². The molecular formula is C13H13NO7. The van der Waals surface area contributed by atoms with Gasteiger partial charge >= 0.3 is 17.9 Å². The van der Waals surface area contributed by atoms with Crippen LogP contribution in [0, 0.1) is 5.92 Å². The molecule has 0 aliphatic carbocycles. The maximum Gasteiger partial charge on any atom is 0.374 e. The van der Waals surface area contributed by atoms with Crippen LogP contribution in [0.4, 0.5) is 5.88 Å². The average Bonchev–Trinajstić information content (AvgIpc) is 2.84. The zero-order valence-electron chi connectivity index (χ0n) is 11.6. The van der Waals surface area contributed by atoms with Crippen molar-refractivity contribution in [3.8, 4) is 0 Å². The lowest BCUT2D eigenvalue weighted by molar-refractivity contribution is -0.235. The molecule has 0 radical (unpaired) electrons. The van der Waals surface area contributed by atoms with Crippen molar-refractivity contribution in [3.63, 3.8) is 0 Å². The smallest absolute Gasteiger partial charge is 0.374 e. The van der Waals surface area contributed by atoms with Crippen molar-refractivity contribution >= 4 is 30.0 Å². The fourth-order valence-corrected chi connectivity index (χ4v) is 1.61. The lowest BCUT2D eigenvalue weighted by atomic mass is 10.1. The zero-order valence-corrected chi connectivity index (χ0v) is 11.6. The van der Waals surface area contributed by atoms with E-state index in [1.807, 2.05) is 0 Å². The van der Waals surface area contributed by atoms with Crippen LogP contribution in [-0.2, 0) is 23.8 Å². The molecule has 1 aliphatic rings. The van der Waals surface area contributed by atoms with Crippen molar-refractivity contribution in [3.05, 3.63) is 17.9 Å². The number of hydrogen-bond acceptors (Lipinski definition) is 8. The molecule has 2 heterocycles. The highest BCUT2D eigenvalue weighted by atomic mass is 16.7. The third kappa shape index (κ3) is 3.28. The van der Waals surface area contributed by atoms with Gasteiger partial charge in [0.15, 0.2) is 5.92 Å². The van der Waals surface area contributed by atoms with Crippen LogP contribution >= 0.6 is 0 Å². The number of ether oxygens (including phenoxy) is 3. The maximum atomic E-state index is 11.7. The van der Waals surface area contributed by atoms with Crippen molar-refractivity contribution in [2.75, 3.05) is 7.11 Å². The zero-order chi connectivity index (χ0) is 15.6. The second kappa shape index (κ2) is 5.39. The van der Waals surface area contributed by atoms with E-state index in [1.165, 1.54) is 33.1 Å². The molecule has 1 aliphatic heterocycles. The maximum absolute atomic E-state index is 11.7. The number of aliphatic imine (C=N–C) groups is 1. The molecule has 1 aromatic rings. The Hall–Kier alpha value is -2.64. The molecule has 1 aromatic heterocycles. The van der Waals surface area contributed by atoms with Crippen LogP contribution in [0.15, 0.2) is 21.5 Å². The molecule has 21 heavy (non-hydrogen) atoms. The monoisotopic (exact) mass is 295 g/mol. The second-order valence-corrected chi connectivity index (χ2v) is 4.63. The number of methoxy groups -OCH3 is 1. The molecule has 0 unspecified atom stereocenters. The SMILES string of the molecule is COC(=O)c1ccc(/N=C\C2C(=O)OC(C)(C)OC2=O)o1. The van der Waals surface area contributed by atoms with Crippen molar-refractivity contribution in [1.29, 1.82) is 0 Å². The first-order valence-corrected chi connectivity index (χ1v) is 6.00. The summed E-state index contributed by atoms with van der Waals surface area (Å²) in [6.07, 6.45) is 1.04. The van der Waals surface area contributed by atoms with E-state index in [9.17, 15) is 14.4 Å². The number of carbonyl (C=O) groups is 3. The minimum atomic E-state index is -1.29. The van der Waals surface area contributed by atoms with Gasteiger partial charge < -0.3 is 18.6 Å². The van der Waals surface area contributed by atoms with Gasteiger partial charge in [-0.25, -0.2) is 9.79 Å². The number of hydrogen-bond donors (Lipinski definition) is 0. The quantitative estimate of drug-likeness (QED) is 0.469. The minimum Gasteiger partial charge on any atom is -0.463 e. The van der Waals surface area contributed by atoms with Gasteiger partial charge in [-0.05, 0) is 6.07 Å². The fourth-order valence-electron chi connectivity index (χ4n) is 1.61. The number of esters is 3. The molecule has 0 N–H and O–H groups in total. The normalized spacial score (nSPS) is 18.4. The summed E-state index contributed by atoms with van der Waals surface area (Å²) >= 11 is 0. The van der Waals surface area contributed by atoms with Gasteiger partial charge in [0.25, 0.3) is 5.79 Å². The lowest BCUT2D eigenvalue weighted by Gasteiger charge is -2.31. The number of nitrogens with zero attached hydrogens (tertiary/aromatic N) is 1. The minimum absolute atomic E-state index is 0.0421. The Bertz CT molecular complexity index is 594. The topological polar surface area (TPSA) is 104 Å². The molecule has 0 saturated carbocycles. The van der Waals surface area contributed by atoms with E-state index in [0.29, 0.717) is 0 Å². The first kappa shape index (κ1) is 14.8. The summed E-state index contributed by atoms with van der Waals surface area (Å²) in [5.41, 5.74) is 0. The molecule has 8 heteroatoms. The Balaban J connectivity index is 2.10. The molecule has 1 saturated heterocycles. The Morgan fingerprint density at radius 3 is 2.48 bits per heavy atom. The summed E-state index contributed by atoms with van der Waals surface area (Å²) < 4.78 is 19.4. The summed E-state index contributed by atoms with van der Waals surface area (Å²) in [5, 5.41) is 0. The highest BCUT2D eigenvalue weighted by molar-refractivity contribution is 6.10. The summed E-state index contributed by atoms with van der Waals surface area (Å²) in [4.78, 5) is 38.4. The van der Waals surface area contributed by atoms with Gasteiger partial charge in [-0.15, -0.1) is 0 Å². The molecule has 112 valence electrons. The van der Waals surface area contributed by atoms with Crippen LogP contribution in [0.5, 0.6) is 0 Å². The molecule has 8 nitrogen and oxygen atoms in total. The number of cyclic esters (lactones) is 2. The van der Waals surface area contributed by atoms with Gasteiger partial charge in [-0.3, -0.25) is 9.59 Å². The summed E-state index contributed by atoms with van der Waals surface area (Å²) in [7, 11) is 1.21. The average molecular weight is 295 g/mol. The van der Waals surface area contributed by atoms with Crippen LogP contribution < -0.4 is 0 Å². The molecule has 1 fully saturated rings. The lowest BCUT2D eigenvalue weighted by Crippen LogP contribution is -2.46. The predicted octanol–water partition coefficient (Wildman–Crippen LogP) is 1.22. The van der Waals surface area contributed by atoms with E-state index in [0.717, 1.165) is 6.21 Å². The predicted molar refractivity (Wildman–Crippen MR) is 68.0 cm³/mol. The Morgan fingerprint density at radius 1 is 1.29 bits per heavy atom. The largest absolute Gasteiger partial charge is 0.463 e. The van der Waals surface area contributed by atoms with Gasteiger partial charge in [-0.2, -0.15) is 0 Å². The fraction of sp³-hybridized carbons (Fsp3) is 0.385. The molecular weight excluding hydrogens is 282 g/mol. The number of carbonyl (C=O) groups excluding carboxylic acids is 3. The van der Waals surface area contributed by atoms with Gasteiger partial charge in [0.05, 0.1) is 7.11 Å². The van der Waals surface area contributed by atoms with Crippen LogP contribution in [0.3, 0.4) is 0 Å². The molecule has 0 amide bonds. The van der Waals surface area contributed by atoms with Crippen molar-refractivity contribution in [1.82, 2.24) is 0 Å². The molecule has 0 bridgehead atoms. The molecule has 0 spiro atoms. The first-order chi connectivity index (χ1) is 9.82. The van der Waals surface area contributed by atoms with E-state index >= 15 is 0 Å². The Labute approximate surface area is 119 Å². The van der Waals surface area contributed by atoms with Gasteiger partial charge in [0, 0.05) is 26.1 Å². The molecule has 0 atom stereocenters. The van der Waals surface area contributed by atoms with Crippen molar-refractivity contribution in [2.45, 2.75) is 19.6 Å². The van der Waals surface area contributed by atoms with E-state index in [2.05, 4.69) is 9.73 Å². The van der Waals surface area contributed by atoms with E-state index < -0.39 is 29.6 Å². The number of furan rings is 1. The van der Waals surface area contributed by atoms with Gasteiger partial charge in [0.1, 0.15) is 0 Å². The number of rotatable bonds is 3. The highest BCUT2D eigenvalue weighted by Crippen LogP contribution is 2.23. The Morgan fingerprint density at radius 2 is 1.90 bits per heavy atom. The van der Waals surface area contributed by atoms with E-state index in [-0.39, 0.29) is 11.6 Å².